The Morgan fingerprint density at radius 2 is 0.981 bits per heavy atom. The molecule has 0 saturated carbocycles. The lowest BCUT2D eigenvalue weighted by Crippen LogP contribution is -2.62. The number of rotatable bonds is 49. The quantitative estimate of drug-likeness (QED) is 0.0173. The molecule has 0 spiro atoms. The maximum atomic E-state index is 14.7. The van der Waals surface area contributed by atoms with Crippen LogP contribution >= 0.6 is 0 Å². The van der Waals surface area contributed by atoms with Crippen molar-refractivity contribution in [2.24, 2.45) is 63.3 Å². The number of hydrogen-bond donors (Lipinski definition) is 19. The molecule has 0 aromatic heterocycles. The summed E-state index contributed by atoms with van der Waals surface area (Å²) in [6.45, 7) is 15.6. The van der Waals surface area contributed by atoms with E-state index < -0.39 is 181 Å². The standard InChI is InChI=1S/C69H120N18O16/c1-11-42(10)56(86-61(95)49(33-40(6)7)79-57(91)44(72)23-15-17-27-70)65(99)76-35-54(90)85-55(41(8)9)66(100)82-48(32-39(4)5)59(93)83-52(37-89)63(97)84-51(36-88)62(96)80-47(31-38(2)3)58(92)81-50(34-43-21-13-12-14-22-43)60(94)77-45(25-19-29-75-69(73)74)67(101)87-30-20-26-53(87)64(98)78-46(68(102)103)24-16-18-28-71/h12-14,21-22,38-42,44-53,55-56,88-89H,11,15-20,23-37,70-72H2,1-10H3,(H,76,99)(H,77,94)(H,78,98)(H,79,91)(H,80,96)(H,81,92)(H,82,100)(H,83,93)(H,84,97)(H,85,90)(H,86,95)(H,102,103)(H4,73,74,75)/t42-,44-,45-,46-,47-,48-,49-,50-,51-,52-,53-,55-,56-/m0/s1. The highest BCUT2D eigenvalue weighted by Gasteiger charge is 2.41. The number of carboxylic acids is 1. The number of guanidine groups is 1. The number of hydrogen-bond acceptors (Lipinski definition) is 19. The largest absolute Gasteiger partial charge is 0.480 e. The van der Waals surface area contributed by atoms with Crippen LogP contribution in [0.2, 0.25) is 0 Å². The minimum absolute atomic E-state index is 0.0276. The molecule has 0 radical (unpaired) electrons. The number of benzene rings is 1. The Morgan fingerprint density at radius 3 is 1.47 bits per heavy atom. The molecule has 1 heterocycles. The third kappa shape index (κ3) is 33.2. The Morgan fingerprint density at radius 1 is 0.524 bits per heavy atom. The fraction of sp³-hybridized carbons (Fsp3) is 0.710. The van der Waals surface area contributed by atoms with Crippen LogP contribution in [0.3, 0.4) is 0 Å². The van der Waals surface area contributed by atoms with E-state index in [0.29, 0.717) is 63.6 Å². The number of aliphatic imine (C=N–C) groups is 1. The van der Waals surface area contributed by atoms with E-state index in [1.165, 1.54) is 4.90 Å². The van der Waals surface area contributed by atoms with Crippen molar-refractivity contribution in [3.63, 3.8) is 0 Å². The van der Waals surface area contributed by atoms with Gasteiger partial charge in [0.05, 0.1) is 25.8 Å². The summed E-state index contributed by atoms with van der Waals surface area (Å²) in [6, 6.07) is -7.39. The van der Waals surface area contributed by atoms with Crippen molar-refractivity contribution < 1.29 is 77.6 Å². The van der Waals surface area contributed by atoms with Crippen molar-refractivity contribution >= 4 is 82.8 Å². The Balaban J connectivity index is 2.33. The van der Waals surface area contributed by atoms with Crippen molar-refractivity contribution in [1.29, 1.82) is 0 Å². The molecule has 12 amide bonds. The molecular formula is C69H120N18O16. The first-order valence-electron chi connectivity index (χ1n) is 35.9. The van der Waals surface area contributed by atoms with Crippen LogP contribution in [0.15, 0.2) is 35.3 Å². The molecule has 103 heavy (non-hydrogen) atoms. The van der Waals surface area contributed by atoms with Gasteiger partial charge in [-0.05, 0) is 125 Å². The lowest BCUT2D eigenvalue weighted by molar-refractivity contribution is -0.145. The van der Waals surface area contributed by atoms with Crippen LogP contribution in [0.5, 0.6) is 0 Å². The molecule has 1 aliphatic rings. The van der Waals surface area contributed by atoms with E-state index in [1.54, 1.807) is 85.7 Å². The van der Waals surface area contributed by atoms with Gasteiger partial charge in [0, 0.05) is 19.5 Å². The number of carboxylic acid groups (broad SMARTS) is 1. The topological polar surface area (TPSA) is 561 Å². The van der Waals surface area contributed by atoms with Crippen molar-refractivity contribution in [3.05, 3.63) is 35.9 Å². The van der Waals surface area contributed by atoms with E-state index >= 15 is 0 Å². The van der Waals surface area contributed by atoms with E-state index in [-0.39, 0.29) is 88.2 Å². The number of amides is 12. The SMILES string of the molecule is CC[C@H](C)[C@H](NC(=O)[C@H](CC(C)C)NC(=O)[C@@H](N)CCCCN)C(=O)NCC(=O)N[C@H](C(=O)N[C@@H](CC(C)C)C(=O)N[C@@H](CO)C(=O)N[C@@H](CO)C(=O)N[C@@H](CC(C)C)C(=O)N[C@@H](Cc1ccccc1)C(=O)N[C@@H](CCCN=C(N)N)C(=O)N1CCC[C@H]1C(=O)N[C@@H](CCCCN)C(=O)O)C(C)C. The van der Waals surface area contributed by atoms with Crippen molar-refractivity contribution in [3.8, 4) is 0 Å². The fourth-order valence-electron chi connectivity index (χ4n) is 11.4. The molecule has 34 heteroatoms. The van der Waals surface area contributed by atoms with Gasteiger partial charge < -0.3 is 107 Å². The lowest BCUT2D eigenvalue weighted by atomic mass is 9.96. The first-order chi connectivity index (χ1) is 48.6. The number of nitrogens with two attached hydrogens (primary N) is 5. The van der Waals surface area contributed by atoms with Crippen LogP contribution in [-0.2, 0) is 68.7 Å². The maximum Gasteiger partial charge on any atom is 0.326 e. The summed E-state index contributed by atoms with van der Waals surface area (Å²) in [5.74, 6) is -13.0. The Labute approximate surface area is 604 Å². The van der Waals surface area contributed by atoms with E-state index in [4.69, 9.17) is 28.7 Å². The molecule has 0 bridgehead atoms. The number of aliphatic hydroxyl groups excluding tert-OH is 2. The third-order valence-electron chi connectivity index (χ3n) is 17.3. The summed E-state index contributed by atoms with van der Waals surface area (Å²) in [4.78, 5) is 185. The molecule has 1 aromatic carbocycles. The Bertz CT molecular complexity index is 2940. The van der Waals surface area contributed by atoms with Gasteiger partial charge in [0.25, 0.3) is 0 Å². The van der Waals surface area contributed by atoms with Crippen LogP contribution in [0, 0.1) is 29.6 Å². The molecular weight excluding hydrogens is 1340 g/mol. The van der Waals surface area contributed by atoms with E-state index in [9.17, 15) is 77.6 Å². The zero-order valence-corrected chi connectivity index (χ0v) is 61.7. The number of aliphatic hydroxyl groups is 2. The number of carbonyl (C=O) groups is 13. The highest BCUT2D eigenvalue weighted by Crippen LogP contribution is 2.22. The number of carbonyl (C=O) groups excluding carboxylic acids is 12. The summed E-state index contributed by atoms with van der Waals surface area (Å²) in [5, 5.41) is 59.3. The molecule has 24 N–H and O–H groups in total. The number of likely N-dealkylation sites (tertiary alicyclic amines) is 1. The number of unbranched alkanes of at least 4 members (excludes halogenated alkanes) is 2. The zero-order valence-electron chi connectivity index (χ0n) is 61.7. The van der Waals surface area contributed by atoms with Gasteiger partial charge in [-0.25, -0.2) is 4.79 Å². The minimum Gasteiger partial charge on any atom is -0.480 e. The van der Waals surface area contributed by atoms with E-state index in [1.807, 2.05) is 13.8 Å². The van der Waals surface area contributed by atoms with Gasteiger partial charge in [-0.2, -0.15) is 0 Å². The predicted molar refractivity (Wildman–Crippen MR) is 385 cm³/mol. The second-order valence-corrected chi connectivity index (χ2v) is 28.0. The van der Waals surface area contributed by atoms with Gasteiger partial charge >= 0.3 is 5.97 Å². The van der Waals surface area contributed by atoms with Gasteiger partial charge in [0.1, 0.15) is 66.5 Å². The molecule has 0 unspecified atom stereocenters. The molecule has 582 valence electrons. The first-order valence-corrected chi connectivity index (χ1v) is 35.9. The van der Waals surface area contributed by atoms with Crippen LogP contribution in [0.25, 0.3) is 0 Å². The maximum absolute atomic E-state index is 14.7. The van der Waals surface area contributed by atoms with Crippen LogP contribution in [0.4, 0.5) is 0 Å². The lowest BCUT2D eigenvalue weighted by Gasteiger charge is -2.31. The molecule has 1 aliphatic heterocycles. The normalized spacial score (nSPS) is 16.3. The smallest absolute Gasteiger partial charge is 0.326 e. The summed E-state index contributed by atoms with van der Waals surface area (Å²) < 4.78 is 0. The molecule has 2 rings (SSSR count). The Kier molecular flexibility index (Phi) is 41.8. The van der Waals surface area contributed by atoms with Crippen molar-refractivity contribution in [2.75, 3.05) is 45.9 Å². The predicted octanol–water partition coefficient (Wildman–Crippen LogP) is -3.27. The number of nitrogens with zero attached hydrogens (tertiary/aromatic N) is 2. The van der Waals surface area contributed by atoms with Gasteiger partial charge in [-0.3, -0.25) is 62.5 Å². The van der Waals surface area contributed by atoms with E-state index in [2.05, 4.69) is 63.5 Å². The summed E-state index contributed by atoms with van der Waals surface area (Å²) in [7, 11) is 0. The van der Waals surface area contributed by atoms with Crippen molar-refractivity contribution in [1.82, 2.24) is 63.4 Å². The monoisotopic (exact) mass is 1460 g/mol. The summed E-state index contributed by atoms with van der Waals surface area (Å²) in [6.07, 6.45) is 3.81. The first kappa shape index (κ1) is 90.5. The highest BCUT2D eigenvalue weighted by atomic mass is 16.4. The van der Waals surface area contributed by atoms with Crippen LogP contribution < -0.4 is 87.2 Å². The Hall–Kier alpha value is -8.60. The molecule has 1 saturated heterocycles. The van der Waals surface area contributed by atoms with E-state index in [0.717, 1.165) is 0 Å². The van der Waals surface area contributed by atoms with Gasteiger partial charge in [-0.15, -0.1) is 0 Å². The number of aliphatic carboxylic acids is 1. The second-order valence-electron chi connectivity index (χ2n) is 28.0. The molecule has 34 nitrogen and oxygen atoms in total. The highest BCUT2D eigenvalue weighted by molar-refractivity contribution is 5.99. The van der Waals surface area contributed by atoms with Crippen LogP contribution in [-0.4, -0.2) is 221 Å². The molecule has 1 aromatic rings. The number of nitrogens with one attached hydrogen (secondary N) is 11. The molecule has 0 aliphatic carbocycles. The average Bonchev–Trinajstić information content (AvgIpc) is 1.74. The summed E-state index contributed by atoms with van der Waals surface area (Å²) >= 11 is 0. The zero-order chi connectivity index (χ0) is 77.6. The average molecular weight is 1460 g/mol. The van der Waals surface area contributed by atoms with Gasteiger partial charge in [0.15, 0.2) is 5.96 Å². The molecule has 13 atom stereocenters. The van der Waals surface area contributed by atoms with Crippen LogP contribution in [0.1, 0.15) is 165 Å². The third-order valence-corrected chi connectivity index (χ3v) is 17.3. The second kappa shape index (κ2) is 47.6. The van der Waals surface area contributed by atoms with Gasteiger partial charge in [-0.1, -0.05) is 112 Å². The summed E-state index contributed by atoms with van der Waals surface area (Å²) in [5.41, 5.74) is 29.0. The molecule has 1 fully saturated rings. The minimum atomic E-state index is -1.81. The van der Waals surface area contributed by atoms with Crippen molar-refractivity contribution in [2.45, 2.75) is 238 Å². The van der Waals surface area contributed by atoms with Gasteiger partial charge in [0.2, 0.25) is 70.9 Å². The fourth-order valence-corrected chi connectivity index (χ4v) is 11.4.